The largest absolute Gasteiger partial charge is 0.747 e. The lowest BCUT2D eigenvalue weighted by Gasteiger charge is -2.08. The predicted molar refractivity (Wildman–Crippen MR) is 135 cm³/mol. The normalized spacial score (nSPS) is 11.5. The van der Waals surface area contributed by atoms with Crippen molar-refractivity contribution < 1.29 is 17.0 Å². The average Bonchev–Trinajstić information content (AvgIpc) is 2.73. The summed E-state index contributed by atoms with van der Waals surface area (Å²) in [6.45, 7) is 2.28. The maximum atomic E-state index is 10.9. The van der Waals surface area contributed by atoms with E-state index >= 15 is 0 Å². The zero-order valence-electron chi connectivity index (χ0n) is 18.8. The Hall–Kier alpha value is -0.390. The number of aryl methyl sites for hydroxylation is 1. The zero-order valence-corrected chi connectivity index (χ0v) is 21.8. The number of hydrogen-bond donors (Lipinski definition) is 1. The molecule has 172 valence electrons. The third-order valence-electron chi connectivity index (χ3n) is 5.61. The van der Waals surface area contributed by atoms with Crippen molar-refractivity contribution in [2.45, 2.75) is 116 Å². The smallest absolute Gasteiger partial charge is 0.423 e. The van der Waals surface area contributed by atoms with Gasteiger partial charge in [-0.15, -0.1) is 4.89 Å². The number of unbranched alkanes of at least 4 members (excludes halogenated alkanes) is 15. The van der Waals surface area contributed by atoms with Crippen LogP contribution in [-0.2, 0) is 11.0 Å². The molecular weight excluding hydrogens is 510 g/mol. The monoisotopic (exact) mass is 551 g/mol. The second-order valence-electron chi connectivity index (χ2n) is 8.20. The first kappa shape index (κ1) is 27.6. The highest BCUT2D eigenvalue weighted by molar-refractivity contribution is 14.1. The molecule has 0 radical (unpaired) electrons. The summed E-state index contributed by atoms with van der Waals surface area (Å²) in [6, 6.07) is 5.50. The Bertz CT molecular complexity index is 568. The van der Waals surface area contributed by atoms with E-state index in [-0.39, 0.29) is 0 Å². The second kappa shape index (κ2) is 19.3. The molecular formula is C24H41IO4P+. The lowest BCUT2D eigenvalue weighted by molar-refractivity contribution is 0.405. The van der Waals surface area contributed by atoms with Gasteiger partial charge in [-0.05, 0) is 24.5 Å². The molecule has 0 aliphatic heterocycles. The molecule has 0 saturated heterocycles. The minimum atomic E-state index is -2.68. The van der Waals surface area contributed by atoms with Gasteiger partial charge >= 0.3 is 8.25 Å². The topological polar surface area (TPSA) is 55.8 Å². The summed E-state index contributed by atoms with van der Waals surface area (Å²) in [7, 11) is -2.68. The Kier molecular flexibility index (Phi) is 17.8. The Balaban J connectivity index is 1.98. The molecule has 1 aromatic rings. The van der Waals surface area contributed by atoms with E-state index in [0.717, 1.165) is 18.4 Å². The fourth-order valence-electron chi connectivity index (χ4n) is 3.87. The van der Waals surface area contributed by atoms with E-state index < -0.39 is 8.25 Å². The van der Waals surface area contributed by atoms with Gasteiger partial charge in [0, 0.05) is 4.57 Å². The molecule has 0 aliphatic carbocycles. The molecule has 6 heteroatoms. The van der Waals surface area contributed by atoms with Gasteiger partial charge < -0.3 is 3.07 Å². The van der Waals surface area contributed by atoms with Gasteiger partial charge in [0.1, 0.15) is 0 Å². The van der Waals surface area contributed by atoms with Crippen LogP contribution < -0.4 is 7.59 Å². The van der Waals surface area contributed by atoms with E-state index in [1.54, 1.807) is 29.1 Å². The molecule has 4 nitrogen and oxygen atoms in total. The Labute approximate surface area is 199 Å². The Morgan fingerprint density at radius 2 is 1.27 bits per heavy atom. The molecule has 0 fully saturated rings. The quantitative estimate of drug-likeness (QED) is 0.0997. The van der Waals surface area contributed by atoms with Crippen molar-refractivity contribution in [2.75, 3.05) is 0 Å². The summed E-state index contributed by atoms with van der Waals surface area (Å²) in [4.78, 5) is 8.97. The minimum Gasteiger partial charge on any atom is -0.423 e. The van der Waals surface area contributed by atoms with Crippen molar-refractivity contribution >= 4 is 31.3 Å². The van der Waals surface area contributed by atoms with E-state index in [4.69, 9.17) is 12.5 Å². The van der Waals surface area contributed by atoms with Gasteiger partial charge in [-0.3, -0.25) is 0 Å². The van der Waals surface area contributed by atoms with Crippen molar-refractivity contribution in [3.63, 3.8) is 0 Å². The first-order valence-electron chi connectivity index (χ1n) is 11.9. The Morgan fingerprint density at radius 3 is 1.70 bits per heavy atom. The molecule has 0 aromatic heterocycles. The van der Waals surface area contributed by atoms with Gasteiger partial charge in [-0.25, -0.2) is 4.52 Å². The van der Waals surface area contributed by atoms with Crippen molar-refractivity contribution in [3.8, 4) is 11.5 Å². The van der Waals surface area contributed by atoms with Crippen LogP contribution in [0.1, 0.15) is 115 Å². The lowest BCUT2D eigenvalue weighted by Crippen LogP contribution is -1.93. The molecule has 1 N–H and O–H groups in total. The van der Waals surface area contributed by atoms with E-state index in [0.29, 0.717) is 11.5 Å². The van der Waals surface area contributed by atoms with Gasteiger partial charge in [0.05, 0.1) is 0 Å². The van der Waals surface area contributed by atoms with Crippen molar-refractivity contribution in [1.29, 1.82) is 0 Å². The molecule has 0 heterocycles. The summed E-state index contributed by atoms with van der Waals surface area (Å²) in [6.07, 6.45) is 22.7. The standard InChI is InChI=1S/C24H40IO4P/c1-2-3-4-5-6-7-8-9-10-11-12-13-14-15-16-17-19-22-20-18-21-23(24(22)28-25)29-30(26)27/h18,20-21H,2-17,19H2,1H3/p+1. The molecule has 1 unspecified atom stereocenters. The third-order valence-corrected chi connectivity index (χ3v) is 6.41. The van der Waals surface area contributed by atoms with Crippen LogP contribution in [-0.4, -0.2) is 4.89 Å². The van der Waals surface area contributed by atoms with Crippen LogP contribution in [0.2, 0.25) is 0 Å². The summed E-state index contributed by atoms with van der Waals surface area (Å²) in [5.41, 5.74) is 1.03. The van der Waals surface area contributed by atoms with Crippen molar-refractivity contribution in [2.24, 2.45) is 0 Å². The molecule has 0 bridgehead atoms. The van der Waals surface area contributed by atoms with Crippen LogP contribution in [0.3, 0.4) is 0 Å². The van der Waals surface area contributed by atoms with E-state index in [9.17, 15) is 4.57 Å². The molecule has 0 aliphatic rings. The summed E-state index contributed by atoms with van der Waals surface area (Å²) >= 11 is 1.80. The summed E-state index contributed by atoms with van der Waals surface area (Å²) < 4.78 is 21.2. The average molecular weight is 551 g/mol. The first-order chi connectivity index (χ1) is 14.7. The van der Waals surface area contributed by atoms with Crippen LogP contribution >= 0.6 is 31.3 Å². The molecule has 0 saturated carbocycles. The highest BCUT2D eigenvalue weighted by Crippen LogP contribution is 2.37. The number of halogens is 1. The van der Waals surface area contributed by atoms with E-state index in [2.05, 4.69) is 6.92 Å². The molecule has 1 atom stereocenters. The number of hydrogen-bond acceptors (Lipinski definition) is 3. The number of rotatable bonds is 20. The Morgan fingerprint density at radius 1 is 0.800 bits per heavy atom. The molecule has 0 spiro atoms. The summed E-state index contributed by atoms with van der Waals surface area (Å²) in [5, 5.41) is 0. The third kappa shape index (κ3) is 13.8. The predicted octanol–water partition coefficient (Wildman–Crippen LogP) is 9.25. The molecule has 30 heavy (non-hydrogen) atoms. The van der Waals surface area contributed by atoms with Crippen molar-refractivity contribution in [1.82, 2.24) is 0 Å². The van der Waals surface area contributed by atoms with Crippen LogP contribution in [0.15, 0.2) is 18.2 Å². The van der Waals surface area contributed by atoms with Crippen LogP contribution in [0.5, 0.6) is 11.5 Å². The lowest BCUT2D eigenvalue weighted by atomic mass is 10.0. The second-order valence-corrected chi connectivity index (χ2v) is 9.30. The highest BCUT2D eigenvalue weighted by atomic mass is 127. The van der Waals surface area contributed by atoms with Crippen LogP contribution in [0, 0.1) is 0 Å². The van der Waals surface area contributed by atoms with Gasteiger partial charge in [0.25, 0.3) is 0 Å². The molecule has 0 amide bonds. The molecule has 1 rings (SSSR count). The van der Waals surface area contributed by atoms with Gasteiger partial charge in [0.15, 0.2) is 28.8 Å². The number of benzene rings is 1. The number of para-hydroxylation sites is 1. The highest BCUT2D eigenvalue weighted by Gasteiger charge is 2.20. The van der Waals surface area contributed by atoms with E-state index in [1.807, 2.05) is 12.1 Å². The van der Waals surface area contributed by atoms with Gasteiger partial charge in [0.2, 0.25) is 5.75 Å². The van der Waals surface area contributed by atoms with Gasteiger partial charge in [-0.1, -0.05) is 115 Å². The first-order valence-corrected chi connectivity index (χ1v) is 13.9. The maximum Gasteiger partial charge on any atom is 0.747 e. The van der Waals surface area contributed by atoms with Crippen LogP contribution in [0.4, 0.5) is 0 Å². The maximum absolute atomic E-state index is 10.9. The zero-order chi connectivity index (χ0) is 21.9. The van der Waals surface area contributed by atoms with Crippen LogP contribution in [0.25, 0.3) is 0 Å². The fraction of sp³-hybridized carbons (Fsp3) is 0.750. The fourth-order valence-corrected chi connectivity index (χ4v) is 4.68. The van der Waals surface area contributed by atoms with Gasteiger partial charge in [-0.2, -0.15) is 0 Å². The van der Waals surface area contributed by atoms with E-state index in [1.165, 1.54) is 96.3 Å². The minimum absolute atomic E-state index is 0.335. The summed E-state index contributed by atoms with van der Waals surface area (Å²) in [5.74, 6) is 0.901. The SMILES string of the molecule is CCCCCCCCCCCCCCCCCCc1cccc(O[P+](=O)O)c1OI. The molecule has 1 aromatic carbocycles. The van der Waals surface area contributed by atoms with Crippen molar-refractivity contribution in [3.05, 3.63) is 23.8 Å².